The maximum Gasteiger partial charge on any atom is 0.227 e. The van der Waals surface area contributed by atoms with Crippen LogP contribution < -0.4 is 4.72 Å². The number of allylic oxidation sites excluding steroid dienone is 1. The second-order valence-corrected chi connectivity index (χ2v) is 6.15. The Hall–Kier alpha value is -0.860. The summed E-state index contributed by atoms with van der Waals surface area (Å²) in [5.74, 6) is 0. The van der Waals surface area contributed by atoms with E-state index in [1.165, 1.54) is 25.3 Å². The summed E-state index contributed by atoms with van der Waals surface area (Å²) in [4.78, 5) is 0. The predicted molar refractivity (Wildman–Crippen MR) is 63.2 cm³/mol. The number of nitrogens with zero attached hydrogens (tertiary/aromatic N) is 1. The van der Waals surface area contributed by atoms with Gasteiger partial charge in [0.15, 0.2) is 5.25 Å². The van der Waals surface area contributed by atoms with Crippen molar-refractivity contribution >= 4 is 10.0 Å². The third kappa shape index (κ3) is 3.95. The summed E-state index contributed by atoms with van der Waals surface area (Å²) < 4.78 is 25.4. The van der Waals surface area contributed by atoms with Crippen LogP contribution in [0.25, 0.3) is 0 Å². The van der Waals surface area contributed by atoms with Gasteiger partial charge in [0, 0.05) is 6.54 Å². The van der Waals surface area contributed by atoms with Crippen LogP contribution in [0.3, 0.4) is 0 Å². The minimum Gasteiger partial charge on any atom is -0.214 e. The number of rotatable bonds is 5. The van der Waals surface area contributed by atoms with Crippen LogP contribution in [0, 0.1) is 11.3 Å². The Morgan fingerprint density at radius 1 is 1.56 bits per heavy atom. The van der Waals surface area contributed by atoms with Gasteiger partial charge in [0.05, 0.1) is 6.07 Å². The molecule has 16 heavy (non-hydrogen) atoms. The second-order valence-electron chi connectivity index (χ2n) is 4.07. The molecule has 1 atom stereocenters. The number of nitrogens with one attached hydrogen (secondary N) is 1. The zero-order valence-electron chi connectivity index (χ0n) is 9.57. The quantitative estimate of drug-likeness (QED) is 0.746. The molecular weight excluding hydrogens is 224 g/mol. The largest absolute Gasteiger partial charge is 0.227 e. The van der Waals surface area contributed by atoms with E-state index in [0.29, 0.717) is 6.54 Å². The van der Waals surface area contributed by atoms with Crippen molar-refractivity contribution in [3.05, 3.63) is 11.6 Å². The van der Waals surface area contributed by atoms with Crippen LogP contribution in [-0.2, 0) is 10.0 Å². The molecule has 0 aromatic carbocycles. The Bertz CT molecular complexity index is 393. The summed E-state index contributed by atoms with van der Waals surface area (Å²) >= 11 is 0. The summed E-state index contributed by atoms with van der Waals surface area (Å²) in [5, 5.41) is 7.56. The average molecular weight is 242 g/mol. The summed E-state index contributed by atoms with van der Waals surface area (Å²) in [7, 11) is -3.45. The van der Waals surface area contributed by atoms with Gasteiger partial charge in [-0.3, -0.25) is 0 Å². The molecule has 1 aliphatic rings. The van der Waals surface area contributed by atoms with Crippen LogP contribution in [0.1, 0.15) is 39.0 Å². The molecule has 0 aliphatic heterocycles. The Kier molecular flexibility index (Phi) is 4.97. The third-order valence-corrected chi connectivity index (χ3v) is 4.42. The highest BCUT2D eigenvalue weighted by Gasteiger charge is 2.19. The highest BCUT2D eigenvalue weighted by molar-refractivity contribution is 7.90. The zero-order valence-corrected chi connectivity index (χ0v) is 10.4. The zero-order chi connectivity index (χ0) is 12.0. The Labute approximate surface area is 97.4 Å². The van der Waals surface area contributed by atoms with E-state index < -0.39 is 15.3 Å². The van der Waals surface area contributed by atoms with Gasteiger partial charge in [-0.15, -0.1) is 0 Å². The van der Waals surface area contributed by atoms with Crippen molar-refractivity contribution in [3.8, 4) is 6.07 Å². The first kappa shape index (κ1) is 13.2. The van der Waals surface area contributed by atoms with Crippen LogP contribution in [0.5, 0.6) is 0 Å². The van der Waals surface area contributed by atoms with E-state index in [1.807, 2.05) is 0 Å². The van der Waals surface area contributed by atoms with Gasteiger partial charge in [0.2, 0.25) is 10.0 Å². The van der Waals surface area contributed by atoms with Gasteiger partial charge in [-0.2, -0.15) is 5.26 Å². The first-order chi connectivity index (χ1) is 7.56. The Balaban J connectivity index is 2.36. The first-order valence-corrected chi connectivity index (χ1v) is 7.17. The molecule has 0 fully saturated rings. The minimum absolute atomic E-state index is 0.403. The molecule has 0 saturated carbocycles. The molecule has 1 aliphatic carbocycles. The van der Waals surface area contributed by atoms with Gasteiger partial charge in [-0.05, 0) is 39.0 Å². The van der Waals surface area contributed by atoms with Crippen molar-refractivity contribution in [1.82, 2.24) is 4.72 Å². The fourth-order valence-corrected chi connectivity index (χ4v) is 2.46. The molecule has 4 nitrogen and oxygen atoms in total. The van der Waals surface area contributed by atoms with E-state index in [2.05, 4.69) is 10.8 Å². The summed E-state index contributed by atoms with van der Waals surface area (Å²) in [6.07, 6.45) is 7.59. The van der Waals surface area contributed by atoms with Crippen molar-refractivity contribution in [3.63, 3.8) is 0 Å². The van der Waals surface area contributed by atoms with E-state index in [1.54, 1.807) is 6.07 Å². The molecule has 5 heteroatoms. The monoisotopic (exact) mass is 242 g/mol. The Morgan fingerprint density at radius 3 is 2.88 bits per heavy atom. The topological polar surface area (TPSA) is 70.0 Å². The lowest BCUT2D eigenvalue weighted by atomic mass is 9.97. The summed E-state index contributed by atoms with van der Waals surface area (Å²) in [5.41, 5.74) is 1.33. The third-order valence-electron chi connectivity index (χ3n) is 2.78. The van der Waals surface area contributed by atoms with Crippen LogP contribution in [0.4, 0.5) is 0 Å². The molecule has 1 N–H and O–H groups in total. The molecule has 0 aromatic rings. The number of sulfonamides is 1. The molecule has 0 saturated heterocycles. The molecule has 1 unspecified atom stereocenters. The standard InChI is InChI=1S/C11H18N2O2S/c1-10(9-12)16(14,15)13-8-7-11-5-3-2-4-6-11/h5,10,13H,2-4,6-8H2,1H3. The SMILES string of the molecule is CC(C#N)S(=O)(=O)NCCC1=CCCCC1. The van der Waals surface area contributed by atoms with Crippen LogP contribution in [0.15, 0.2) is 11.6 Å². The smallest absolute Gasteiger partial charge is 0.214 e. The molecule has 0 heterocycles. The van der Waals surface area contributed by atoms with E-state index >= 15 is 0 Å². The van der Waals surface area contributed by atoms with Crippen molar-refractivity contribution in [2.75, 3.05) is 6.54 Å². The maximum atomic E-state index is 11.5. The first-order valence-electron chi connectivity index (χ1n) is 5.62. The molecule has 0 aromatic heterocycles. The van der Waals surface area contributed by atoms with E-state index in [-0.39, 0.29) is 0 Å². The van der Waals surface area contributed by atoms with Crippen molar-refractivity contribution in [2.45, 2.75) is 44.3 Å². The highest BCUT2D eigenvalue weighted by Crippen LogP contribution is 2.19. The average Bonchev–Trinajstić information content (AvgIpc) is 2.29. The summed E-state index contributed by atoms with van der Waals surface area (Å²) in [6, 6.07) is 1.73. The fourth-order valence-electron chi connectivity index (χ4n) is 1.68. The van der Waals surface area contributed by atoms with Crippen LogP contribution >= 0.6 is 0 Å². The van der Waals surface area contributed by atoms with E-state index in [9.17, 15) is 8.42 Å². The van der Waals surface area contributed by atoms with Gasteiger partial charge in [0.1, 0.15) is 0 Å². The summed E-state index contributed by atoms with van der Waals surface area (Å²) in [6.45, 7) is 1.79. The molecule has 0 amide bonds. The van der Waals surface area contributed by atoms with E-state index in [4.69, 9.17) is 5.26 Å². The van der Waals surface area contributed by atoms with Crippen LogP contribution in [0.2, 0.25) is 0 Å². The molecular formula is C11H18N2O2S. The lowest BCUT2D eigenvalue weighted by molar-refractivity contribution is 0.575. The number of nitriles is 1. The fraction of sp³-hybridized carbons (Fsp3) is 0.727. The second kappa shape index (κ2) is 6.02. The van der Waals surface area contributed by atoms with Gasteiger partial charge < -0.3 is 0 Å². The normalized spacial score (nSPS) is 18.6. The predicted octanol–water partition coefficient (Wildman–Crippen LogP) is 1.71. The number of hydrogen-bond donors (Lipinski definition) is 1. The molecule has 0 bridgehead atoms. The van der Waals surface area contributed by atoms with Gasteiger partial charge in [0.25, 0.3) is 0 Å². The molecule has 90 valence electrons. The van der Waals surface area contributed by atoms with Gasteiger partial charge in [-0.1, -0.05) is 11.6 Å². The van der Waals surface area contributed by atoms with E-state index in [0.717, 1.165) is 19.3 Å². The van der Waals surface area contributed by atoms with Gasteiger partial charge in [-0.25, -0.2) is 13.1 Å². The van der Waals surface area contributed by atoms with Gasteiger partial charge >= 0.3 is 0 Å². The van der Waals surface area contributed by atoms with Crippen molar-refractivity contribution in [1.29, 1.82) is 5.26 Å². The lowest BCUT2D eigenvalue weighted by Gasteiger charge is -2.13. The van der Waals surface area contributed by atoms with Crippen molar-refractivity contribution in [2.24, 2.45) is 0 Å². The molecule has 1 rings (SSSR count). The van der Waals surface area contributed by atoms with Crippen molar-refractivity contribution < 1.29 is 8.42 Å². The molecule has 0 radical (unpaired) electrons. The maximum absolute atomic E-state index is 11.5. The highest BCUT2D eigenvalue weighted by atomic mass is 32.2. The number of hydrogen-bond acceptors (Lipinski definition) is 3. The van der Waals surface area contributed by atoms with Crippen LogP contribution in [-0.4, -0.2) is 20.2 Å². The molecule has 0 spiro atoms. The minimum atomic E-state index is -3.45. The lowest BCUT2D eigenvalue weighted by Crippen LogP contribution is -2.32. The Morgan fingerprint density at radius 2 is 2.31 bits per heavy atom.